The Kier molecular flexibility index (Phi) is 9.77. The van der Waals surface area contributed by atoms with Crippen molar-refractivity contribution >= 4 is 48.2 Å². The van der Waals surface area contributed by atoms with Gasteiger partial charge in [0.1, 0.15) is 5.82 Å². The zero-order chi connectivity index (χ0) is 27.3. The van der Waals surface area contributed by atoms with Crippen molar-refractivity contribution in [3.05, 3.63) is 29.3 Å². The van der Waals surface area contributed by atoms with Crippen molar-refractivity contribution < 1.29 is 9.22 Å². The molecule has 0 spiro atoms. The molecule has 4 rings (SSSR count). The fourth-order valence-corrected chi connectivity index (χ4v) is 6.71. The number of fused-ring (bicyclic) bond motifs is 1. The monoisotopic (exact) mass is 558 g/mol. The number of anilines is 2. The second-order valence-corrected chi connectivity index (χ2v) is 18.0. The van der Waals surface area contributed by atoms with Crippen LogP contribution in [0.4, 0.5) is 11.5 Å². The van der Waals surface area contributed by atoms with E-state index in [-0.39, 0.29) is 10.9 Å². The van der Waals surface area contributed by atoms with Gasteiger partial charge in [-0.3, -0.25) is 4.79 Å². The van der Waals surface area contributed by atoms with Crippen molar-refractivity contribution in [1.82, 2.24) is 10.3 Å². The van der Waals surface area contributed by atoms with Crippen LogP contribution in [-0.4, -0.2) is 51.5 Å². The van der Waals surface area contributed by atoms with Gasteiger partial charge in [-0.15, -0.1) is 0 Å². The molecule has 1 aliphatic carbocycles. The lowest BCUT2D eigenvalue weighted by molar-refractivity contribution is -0.117. The molecule has 1 atom stereocenters. The largest absolute Gasteiger partial charge is 0.416 e. The quantitative estimate of drug-likeness (QED) is 0.248. The molecule has 1 aromatic carbocycles. The number of pyridine rings is 1. The van der Waals surface area contributed by atoms with E-state index in [1.165, 1.54) is 19.3 Å². The first-order valence-electron chi connectivity index (χ1n) is 14.5. The van der Waals surface area contributed by atoms with Gasteiger partial charge >= 0.3 is 0 Å². The Balaban J connectivity index is 1.36. The average Bonchev–Trinajstić information content (AvgIpc) is 2.88. The van der Waals surface area contributed by atoms with E-state index in [0.717, 1.165) is 68.6 Å². The number of hydrogen-bond acceptors (Lipinski definition) is 5. The lowest BCUT2D eigenvalue weighted by Crippen LogP contribution is -2.48. The van der Waals surface area contributed by atoms with Crippen molar-refractivity contribution in [3.63, 3.8) is 0 Å². The molecule has 38 heavy (non-hydrogen) atoms. The summed E-state index contributed by atoms with van der Waals surface area (Å²) in [5.74, 6) is 1.52. The molecule has 210 valence electrons. The third kappa shape index (κ3) is 7.49. The van der Waals surface area contributed by atoms with E-state index in [2.05, 4.69) is 61.5 Å². The van der Waals surface area contributed by atoms with Crippen LogP contribution in [0.15, 0.2) is 24.3 Å². The molecule has 0 bridgehead atoms. The van der Waals surface area contributed by atoms with E-state index >= 15 is 0 Å². The number of halogens is 1. The average molecular weight is 559 g/mol. The van der Waals surface area contributed by atoms with Gasteiger partial charge in [0.15, 0.2) is 8.32 Å². The summed E-state index contributed by atoms with van der Waals surface area (Å²) in [4.78, 5) is 20.2. The number of benzene rings is 1. The number of carbonyl (C=O) groups excluding carboxylic acids is 1. The van der Waals surface area contributed by atoms with Crippen LogP contribution in [0.2, 0.25) is 23.2 Å². The molecule has 1 aliphatic heterocycles. The summed E-state index contributed by atoms with van der Waals surface area (Å²) in [6.45, 7) is 15.0. The zero-order valence-corrected chi connectivity index (χ0v) is 25.8. The molecule has 1 saturated carbocycles. The maximum Gasteiger partial charge on any atom is 0.224 e. The minimum atomic E-state index is -1.71. The standard InChI is InChI=1S/C30H47ClN4O2Si/c1-30(2,3)38(4,5)37-19-17-32-23-12-9-18-35(21-23)27-16-13-24-26(33-27)15-14-25(31)29(24)34-28(36)20-22-10-7-6-8-11-22/h13-16,22-23,32H,6-12,17-21H2,1-5H3,(H,34,36)/t23-/m0/s1. The van der Waals surface area contributed by atoms with Gasteiger partial charge in [-0.05, 0) is 74.0 Å². The highest BCUT2D eigenvalue weighted by Crippen LogP contribution is 2.36. The van der Waals surface area contributed by atoms with Gasteiger partial charge in [0, 0.05) is 44.1 Å². The zero-order valence-electron chi connectivity index (χ0n) is 24.0. The molecule has 2 aromatic rings. The van der Waals surface area contributed by atoms with Crippen molar-refractivity contribution in [2.24, 2.45) is 5.92 Å². The summed E-state index contributed by atoms with van der Waals surface area (Å²) in [5.41, 5.74) is 1.54. The molecular weight excluding hydrogens is 512 g/mol. The topological polar surface area (TPSA) is 66.5 Å². The molecule has 8 heteroatoms. The van der Waals surface area contributed by atoms with Crippen molar-refractivity contribution in [2.75, 3.05) is 36.5 Å². The highest BCUT2D eigenvalue weighted by atomic mass is 35.5. The Bertz CT molecular complexity index is 1100. The number of nitrogens with zero attached hydrogens (tertiary/aromatic N) is 2. The van der Waals surface area contributed by atoms with Crippen LogP contribution in [-0.2, 0) is 9.22 Å². The summed E-state index contributed by atoms with van der Waals surface area (Å²) in [6, 6.07) is 8.35. The molecule has 0 unspecified atom stereocenters. The lowest BCUT2D eigenvalue weighted by atomic mass is 9.87. The molecule has 1 amide bonds. The fraction of sp³-hybridized carbons (Fsp3) is 0.667. The Morgan fingerprint density at radius 1 is 1.11 bits per heavy atom. The molecule has 1 saturated heterocycles. The summed E-state index contributed by atoms with van der Waals surface area (Å²) in [5, 5.41) is 8.52. The highest BCUT2D eigenvalue weighted by Gasteiger charge is 2.37. The maximum absolute atomic E-state index is 12.8. The predicted molar refractivity (Wildman–Crippen MR) is 163 cm³/mol. The third-order valence-corrected chi connectivity index (χ3v) is 13.7. The minimum absolute atomic E-state index is 0.0536. The molecule has 2 N–H and O–H groups in total. The molecule has 0 radical (unpaired) electrons. The number of rotatable bonds is 9. The normalized spacial score (nSPS) is 19.6. The number of aromatic nitrogens is 1. The van der Waals surface area contributed by atoms with Gasteiger partial charge < -0.3 is 20.0 Å². The molecule has 6 nitrogen and oxygen atoms in total. The van der Waals surface area contributed by atoms with Crippen molar-refractivity contribution in [3.8, 4) is 0 Å². The van der Waals surface area contributed by atoms with Crippen LogP contribution >= 0.6 is 11.6 Å². The second-order valence-electron chi connectivity index (χ2n) is 12.8. The number of piperidine rings is 1. The second kappa shape index (κ2) is 12.7. The summed E-state index contributed by atoms with van der Waals surface area (Å²) < 4.78 is 6.35. The number of carbonyl (C=O) groups is 1. The van der Waals surface area contributed by atoms with Crippen LogP contribution in [0.3, 0.4) is 0 Å². The first-order valence-corrected chi connectivity index (χ1v) is 17.8. The van der Waals surface area contributed by atoms with Gasteiger partial charge in [0.25, 0.3) is 0 Å². The van der Waals surface area contributed by atoms with Crippen LogP contribution < -0.4 is 15.5 Å². The van der Waals surface area contributed by atoms with Crippen LogP contribution in [0.25, 0.3) is 10.9 Å². The van der Waals surface area contributed by atoms with Gasteiger partial charge in [0.05, 0.1) is 16.2 Å². The Morgan fingerprint density at radius 3 is 2.61 bits per heavy atom. The van der Waals surface area contributed by atoms with Crippen LogP contribution in [0.1, 0.15) is 72.1 Å². The Hall–Kier alpha value is -1.67. The highest BCUT2D eigenvalue weighted by molar-refractivity contribution is 6.74. The summed E-state index contributed by atoms with van der Waals surface area (Å²) in [6.07, 6.45) is 8.92. The molecule has 2 aliphatic rings. The van der Waals surface area contributed by atoms with Gasteiger partial charge in [0.2, 0.25) is 5.91 Å². The summed E-state index contributed by atoms with van der Waals surface area (Å²) in [7, 11) is -1.71. The molecule has 2 heterocycles. The van der Waals surface area contributed by atoms with E-state index in [1.807, 2.05) is 12.1 Å². The fourth-order valence-electron chi connectivity index (χ4n) is 5.45. The van der Waals surface area contributed by atoms with Gasteiger partial charge in [-0.25, -0.2) is 4.98 Å². The van der Waals surface area contributed by atoms with Crippen LogP contribution in [0, 0.1) is 5.92 Å². The van der Waals surface area contributed by atoms with E-state index in [1.54, 1.807) is 0 Å². The molecular formula is C30H47ClN4O2Si. The third-order valence-electron chi connectivity index (χ3n) is 8.82. The number of amides is 1. The van der Waals surface area contributed by atoms with E-state index < -0.39 is 8.32 Å². The maximum atomic E-state index is 12.8. The Labute approximate surface area is 235 Å². The SMILES string of the molecule is CC(C)(C)[Si](C)(C)OCCN[C@H]1CCCN(c2ccc3c(NC(=O)CC4CCCCC4)c(Cl)ccc3n2)C1. The van der Waals surface area contributed by atoms with Gasteiger partial charge in [-0.2, -0.15) is 0 Å². The molecule has 1 aromatic heterocycles. The van der Waals surface area contributed by atoms with Crippen LogP contribution in [0.5, 0.6) is 0 Å². The summed E-state index contributed by atoms with van der Waals surface area (Å²) >= 11 is 6.54. The van der Waals surface area contributed by atoms with Crippen molar-refractivity contribution in [2.45, 2.75) is 96.3 Å². The Morgan fingerprint density at radius 2 is 1.87 bits per heavy atom. The van der Waals surface area contributed by atoms with E-state index in [0.29, 0.717) is 29.1 Å². The first-order chi connectivity index (χ1) is 18.0. The minimum Gasteiger partial charge on any atom is -0.416 e. The van der Waals surface area contributed by atoms with Crippen molar-refractivity contribution in [1.29, 1.82) is 0 Å². The smallest absolute Gasteiger partial charge is 0.224 e. The first kappa shape index (κ1) is 29.3. The van der Waals surface area contributed by atoms with Gasteiger partial charge in [-0.1, -0.05) is 51.6 Å². The molecule has 2 fully saturated rings. The number of hydrogen-bond donors (Lipinski definition) is 2. The predicted octanol–water partition coefficient (Wildman–Crippen LogP) is 7.38. The lowest BCUT2D eigenvalue weighted by Gasteiger charge is -2.37. The van der Waals surface area contributed by atoms with E-state index in [4.69, 9.17) is 21.0 Å². The van der Waals surface area contributed by atoms with E-state index in [9.17, 15) is 4.79 Å². The number of nitrogens with one attached hydrogen (secondary N) is 2.